The standard InChI is InChI=1S/C23H31N3O2/c1-5-28-22-9-7-6-8-21(22)26-14-12-25(13-15-26)19(4)23(27)24-20-11-10-17(2)16-18(20)3/h6-11,16,19H,5,12-15H2,1-4H3,(H,24,27)/t19-/m0/s1. The Morgan fingerprint density at radius 3 is 2.50 bits per heavy atom. The normalized spacial score (nSPS) is 15.9. The summed E-state index contributed by atoms with van der Waals surface area (Å²) in [4.78, 5) is 17.3. The lowest BCUT2D eigenvalue weighted by Gasteiger charge is -2.39. The van der Waals surface area contributed by atoms with Crippen LogP contribution in [0.3, 0.4) is 0 Å². The second-order valence-corrected chi connectivity index (χ2v) is 7.41. The fraction of sp³-hybridized carbons (Fsp3) is 0.435. The molecular weight excluding hydrogens is 350 g/mol. The fourth-order valence-corrected chi connectivity index (χ4v) is 3.70. The van der Waals surface area contributed by atoms with Crippen LogP contribution < -0.4 is 15.0 Å². The summed E-state index contributed by atoms with van der Waals surface area (Å²) in [5.41, 5.74) is 4.33. The number of aryl methyl sites for hydroxylation is 2. The van der Waals surface area contributed by atoms with Gasteiger partial charge in [0.05, 0.1) is 18.3 Å². The number of carbonyl (C=O) groups excluding carboxylic acids is 1. The minimum absolute atomic E-state index is 0.0510. The van der Waals surface area contributed by atoms with Crippen LogP contribution >= 0.6 is 0 Å². The number of nitrogens with zero attached hydrogens (tertiary/aromatic N) is 2. The van der Waals surface area contributed by atoms with Gasteiger partial charge in [-0.3, -0.25) is 9.69 Å². The molecule has 1 amide bonds. The van der Waals surface area contributed by atoms with E-state index in [4.69, 9.17) is 4.74 Å². The summed E-state index contributed by atoms with van der Waals surface area (Å²) in [6.45, 7) is 12.2. The van der Waals surface area contributed by atoms with E-state index in [1.54, 1.807) is 0 Å². The molecule has 1 fully saturated rings. The first-order valence-corrected chi connectivity index (χ1v) is 10.1. The smallest absolute Gasteiger partial charge is 0.241 e. The first-order chi connectivity index (χ1) is 13.5. The Kier molecular flexibility index (Phi) is 6.57. The molecule has 1 N–H and O–H groups in total. The predicted molar refractivity (Wildman–Crippen MR) is 115 cm³/mol. The molecule has 0 aliphatic carbocycles. The van der Waals surface area contributed by atoms with E-state index >= 15 is 0 Å². The highest BCUT2D eigenvalue weighted by atomic mass is 16.5. The molecule has 0 aromatic heterocycles. The summed E-state index contributed by atoms with van der Waals surface area (Å²) in [7, 11) is 0. The van der Waals surface area contributed by atoms with Crippen molar-refractivity contribution in [3.8, 4) is 5.75 Å². The van der Waals surface area contributed by atoms with Crippen LogP contribution in [-0.4, -0.2) is 49.6 Å². The van der Waals surface area contributed by atoms with Crippen LogP contribution in [0.5, 0.6) is 5.75 Å². The molecule has 2 aromatic rings. The number of ether oxygens (including phenoxy) is 1. The zero-order valence-electron chi connectivity index (χ0n) is 17.4. The Morgan fingerprint density at radius 1 is 1.11 bits per heavy atom. The zero-order chi connectivity index (χ0) is 20.1. The third-order valence-corrected chi connectivity index (χ3v) is 5.39. The highest BCUT2D eigenvalue weighted by Gasteiger charge is 2.26. The van der Waals surface area contributed by atoms with Crippen LogP contribution in [0.4, 0.5) is 11.4 Å². The second-order valence-electron chi connectivity index (χ2n) is 7.41. The van der Waals surface area contributed by atoms with E-state index in [0.29, 0.717) is 6.61 Å². The van der Waals surface area contributed by atoms with Gasteiger partial charge in [-0.05, 0) is 51.5 Å². The maximum atomic E-state index is 12.8. The molecule has 0 radical (unpaired) electrons. The Hall–Kier alpha value is -2.53. The molecule has 28 heavy (non-hydrogen) atoms. The third-order valence-electron chi connectivity index (χ3n) is 5.39. The van der Waals surface area contributed by atoms with E-state index < -0.39 is 0 Å². The SMILES string of the molecule is CCOc1ccccc1N1CCN([C@@H](C)C(=O)Nc2ccc(C)cc2C)CC1. The van der Waals surface area contributed by atoms with Gasteiger partial charge in [0.2, 0.25) is 5.91 Å². The van der Waals surface area contributed by atoms with Gasteiger partial charge in [0.15, 0.2) is 0 Å². The minimum atomic E-state index is -0.162. The maximum Gasteiger partial charge on any atom is 0.241 e. The van der Waals surface area contributed by atoms with Gasteiger partial charge < -0.3 is 15.0 Å². The minimum Gasteiger partial charge on any atom is -0.492 e. The van der Waals surface area contributed by atoms with Crippen LogP contribution in [0.25, 0.3) is 0 Å². The van der Waals surface area contributed by atoms with Crippen LogP contribution in [0, 0.1) is 13.8 Å². The molecule has 1 atom stereocenters. The van der Waals surface area contributed by atoms with Crippen molar-refractivity contribution in [2.24, 2.45) is 0 Å². The molecule has 1 aliphatic rings. The molecule has 0 unspecified atom stereocenters. The van der Waals surface area contributed by atoms with Crippen molar-refractivity contribution in [3.63, 3.8) is 0 Å². The topological polar surface area (TPSA) is 44.8 Å². The highest BCUT2D eigenvalue weighted by molar-refractivity contribution is 5.95. The zero-order valence-corrected chi connectivity index (χ0v) is 17.4. The molecule has 150 valence electrons. The summed E-state index contributed by atoms with van der Waals surface area (Å²) in [5, 5.41) is 3.09. The number of hydrogen-bond acceptors (Lipinski definition) is 4. The van der Waals surface area contributed by atoms with E-state index in [9.17, 15) is 4.79 Å². The maximum absolute atomic E-state index is 12.8. The fourth-order valence-electron chi connectivity index (χ4n) is 3.70. The monoisotopic (exact) mass is 381 g/mol. The van der Waals surface area contributed by atoms with Gasteiger partial charge in [0.25, 0.3) is 0 Å². The number of hydrogen-bond donors (Lipinski definition) is 1. The molecule has 1 aliphatic heterocycles. The van der Waals surface area contributed by atoms with Crippen molar-refractivity contribution in [1.82, 2.24) is 4.90 Å². The Balaban J connectivity index is 1.59. The Labute approximate surface area is 168 Å². The quantitative estimate of drug-likeness (QED) is 0.825. The van der Waals surface area contributed by atoms with Gasteiger partial charge in [-0.25, -0.2) is 0 Å². The predicted octanol–water partition coefficient (Wildman–Crippen LogP) is 3.85. The summed E-state index contributed by atoms with van der Waals surface area (Å²) in [6, 6.07) is 14.1. The van der Waals surface area contributed by atoms with Gasteiger partial charge in [0, 0.05) is 31.9 Å². The summed E-state index contributed by atoms with van der Waals surface area (Å²) in [5.74, 6) is 0.981. The van der Waals surface area contributed by atoms with Gasteiger partial charge in [0.1, 0.15) is 5.75 Å². The van der Waals surface area contributed by atoms with Crippen molar-refractivity contribution in [3.05, 3.63) is 53.6 Å². The third kappa shape index (κ3) is 4.65. The van der Waals surface area contributed by atoms with Gasteiger partial charge in [-0.1, -0.05) is 29.8 Å². The average Bonchev–Trinajstić information content (AvgIpc) is 2.70. The van der Waals surface area contributed by atoms with E-state index in [0.717, 1.165) is 48.9 Å². The molecule has 1 heterocycles. The molecule has 0 bridgehead atoms. The number of benzene rings is 2. The summed E-state index contributed by atoms with van der Waals surface area (Å²) in [6.07, 6.45) is 0. The molecule has 2 aromatic carbocycles. The lowest BCUT2D eigenvalue weighted by atomic mass is 10.1. The number of para-hydroxylation sites is 2. The molecular formula is C23H31N3O2. The Morgan fingerprint density at radius 2 is 1.82 bits per heavy atom. The van der Waals surface area contributed by atoms with Crippen molar-refractivity contribution in [2.75, 3.05) is 43.0 Å². The van der Waals surface area contributed by atoms with Crippen molar-refractivity contribution < 1.29 is 9.53 Å². The van der Waals surface area contributed by atoms with E-state index in [2.05, 4.69) is 34.2 Å². The van der Waals surface area contributed by atoms with Crippen molar-refractivity contribution >= 4 is 17.3 Å². The first-order valence-electron chi connectivity index (χ1n) is 10.1. The second kappa shape index (κ2) is 9.11. The highest BCUT2D eigenvalue weighted by Crippen LogP contribution is 2.29. The molecule has 0 spiro atoms. The van der Waals surface area contributed by atoms with Crippen molar-refractivity contribution in [1.29, 1.82) is 0 Å². The van der Waals surface area contributed by atoms with E-state index in [1.165, 1.54) is 5.56 Å². The summed E-state index contributed by atoms with van der Waals surface area (Å²) < 4.78 is 5.77. The van der Waals surface area contributed by atoms with Crippen molar-refractivity contribution in [2.45, 2.75) is 33.7 Å². The van der Waals surface area contributed by atoms with E-state index in [-0.39, 0.29) is 11.9 Å². The molecule has 5 heteroatoms. The van der Waals surface area contributed by atoms with Gasteiger partial charge in [-0.2, -0.15) is 0 Å². The number of piperazine rings is 1. The van der Waals surface area contributed by atoms with E-state index in [1.807, 2.05) is 51.1 Å². The molecule has 0 saturated carbocycles. The summed E-state index contributed by atoms with van der Waals surface area (Å²) >= 11 is 0. The van der Waals surface area contributed by atoms with Crippen LogP contribution in [0.1, 0.15) is 25.0 Å². The lowest BCUT2D eigenvalue weighted by molar-refractivity contribution is -0.120. The van der Waals surface area contributed by atoms with Crippen LogP contribution in [0.2, 0.25) is 0 Å². The molecule has 3 rings (SSSR count). The number of amides is 1. The average molecular weight is 382 g/mol. The first kappa shape index (κ1) is 20.2. The largest absolute Gasteiger partial charge is 0.492 e. The van der Waals surface area contributed by atoms with Gasteiger partial charge >= 0.3 is 0 Å². The number of anilines is 2. The number of rotatable bonds is 6. The Bertz CT molecular complexity index is 813. The number of nitrogens with one attached hydrogen (secondary N) is 1. The molecule has 1 saturated heterocycles. The van der Waals surface area contributed by atoms with Crippen LogP contribution in [0.15, 0.2) is 42.5 Å². The lowest BCUT2D eigenvalue weighted by Crippen LogP contribution is -2.53. The number of carbonyl (C=O) groups is 1. The van der Waals surface area contributed by atoms with Gasteiger partial charge in [-0.15, -0.1) is 0 Å². The molecule has 5 nitrogen and oxygen atoms in total. The van der Waals surface area contributed by atoms with Crippen LogP contribution in [-0.2, 0) is 4.79 Å².